The van der Waals surface area contributed by atoms with E-state index < -0.39 is 11.6 Å². The number of aromatic nitrogens is 1. The molecule has 0 aliphatic heterocycles. The molecule has 4 aliphatic carbocycles. The summed E-state index contributed by atoms with van der Waals surface area (Å²) in [7, 11) is 0. The Labute approximate surface area is 205 Å². The van der Waals surface area contributed by atoms with Gasteiger partial charge in [-0.25, -0.2) is 9.78 Å². The average molecular weight is 472 g/mol. The summed E-state index contributed by atoms with van der Waals surface area (Å²) in [5, 5.41) is 10.8. The van der Waals surface area contributed by atoms with Crippen LogP contribution in [0.1, 0.15) is 109 Å². The van der Waals surface area contributed by atoms with E-state index in [4.69, 9.17) is 9.15 Å². The normalized spacial score (nSPS) is 44.6. The van der Waals surface area contributed by atoms with E-state index in [0.29, 0.717) is 41.1 Å². The van der Waals surface area contributed by atoms with Gasteiger partial charge >= 0.3 is 5.97 Å². The Bertz CT molecular complexity index is 908. The van der Waals surface area contributed by atoms with Crippen LogP contribution in [0.3, 0.4) is 0 Å². The summed E-state index contributed by atoms with van der Waals surface area (Å²) in [4.78, 5) is 16.4. The number of nitrogens with zero attached hydrogens (tertiary/aromatic N) is 1. The third-order valence-corrected chi connectivity index (χ3v) is 11.2. The van der Waals surface area contributed by atoms with Crippen LogP contribution in [0.4, 0.5) is 0 Å². The van der Waals surface area contributed by atoms with Crippen molar-refractivity contribution in [3.8, 4) is 0 Å². The third kappa shape index (κ3) is 3.94. The highest BCUT2D eigenvalue weighted by Gasteiger charge is 2.61. The Balaban J connectivity index is 1.29. The molecule has 34 heavy (non-hydrogen) atoms. The van der Waals surface area contributed by atoms with Gasteiger partial charge in [0.15, 0.2) is 5.89 Å². The number of aliphatic hydroxyl groups is 1. The second-order valence-electron chi connectivity index (χ2n) is 13.1. The first-order valence-corrected chi connectivity index (χ1v) is 13.9. The smallest absolute Gasteiger partial charge is 0.375 e. The summed E-state index contributed by atoms with van der Waals surface area (Å²) < 4.78 is 10.8. The fourth-order valence-electron chi connectivity index (χ4n) is 9.53. The maximum absolute atomic E-state index is 12.0. The summed E-state index contributed by atoms with van der Waals surface area (Å²) in [6.45, 7) is 11.7. The van der Waals surface area contributed by atoms with Crippen LogP contribution in [0, 0.1) is 46.3 Å². The lowest BCUT2D eigenvalue weighted by Gasteiger charge is -2.62. The van der Waals surface area contributed by atoms with E-state index in [-0.39, 0.29) is 5.76 Å². The molecule has 0 bridgehead atoms. The van der Waals surface area contributed by atoms with Gasteiger partial charge in [-0.05, 0) is 118 Å². The monoisotopic (exact) mass is 471 g/mol. The van der Waals surface area contributed by atoms with E-state index in [1.165, 1.54) is 51.1 Å². The number of rotatable bonds is 5. The number of esters is 1. The Hall–Kier alpha value is -1.36. The van der Waals surface area contributed by atoms with Gasteiger partial charge in [0, 0.05) is 6.42 Å². The van der Waals surface area contributed by atoms with Crippen molar-refractivity contribution in [1.82, 2.24) is 4.98 Å². The lowest BCUT2D eigenvalue weighted by molar-refractivity contribution is -0.147. The summed E-state index contributed by atoms with van der Waals surface area (Å²) in [5.41, 5.74) is 0.347. The molecule has 5 heteroatoms. The first kappa shape index (κ1) is 24.3. The minimum absolute atomic E-state index is 0.219. The molecule has 190 valence electrons. The summed E-state index contributed by atoms with van der Waals surface area (Å²) in [6.07, 6.45) is 13.4. The van der Waals surface area contributed by atoms with Gasteiger partial charge in [0.25, 0.3) is 0 Å². The highest BCUT2D eigenvalue weighted by atomic mass is 16.5. The fourth-order valence-corrected chi connectivity index (χ4v) is 9.53. The molecule has 4 fully saturated rings. The number of hydrogen-bond acceptors (Lipinski definition) is 5. The average Bonchev–Trinajstić information content (AvgIpc) is 3.38. The summed E-state index contributed by atoms with van der Waals surface area (Å²) in [6, 6.07) is 0. The number of carbonyl (C=O) groups excluding carboxylic acids is 1. The van der Waals surface area contributed by atoms with Crippen molar-refractivity contribution in [3.05, 3.63) is 17.8 Å². The molecule has 9 atom stereocenters. The zero-order chi connectivity index (χ0) is 24.3. The largest absolute Gasteiger partial charge is 0.460 e. The maximum Gasteiger partial charge on any atom is 0.375 e. The Morgan fingerprint density at radius 3 is 2.65 bits per heavy atom. The third-order valence-electron chi connectivity index (χ3n) is 11.2. The van der Waals surface area contributed by atoms with Crippen molar-refractivity contribution < 1.29 is 19.1 Å². The predicted molar refractivity (Wildman–Crippen MR) is 131 cm³/mol. The van der Waals surface area contributed by atoms with Crippen LogP contribution in [0.2, 0.25) is 0 Å². The van der Waals surface area contributed by atoms with Crippen molar-refractivity contribution >= 4 is 5.97 Å². The van der Waals surface area contributed by atoms with Crippen LogP contribution in [-0.2, 0) is 11.2 Å². The highest BCUT2D eigenvalue weighted by molar-refractivity contribution is 5.85. The van der Waals surface area contributed by atoms with Crippen LogP contribution in [0.25, 0.3) is 0 Å². The van der Waals surface area contributed by atoms with Gasteiger partial charge in [0.05, 0.1) is 18.4 Å². The SMILES string of the molecule is CCOC(=O)c1cnc(C[C@H](C)[C@H]2CC[C@H]3[C@@H]4CC[C@@H]5C[C@](C)(O)CC[C@]5(C)[C@H]4CC[C@]23C)o1. The van der Waals surface area contributed by atoms with Crippen LogP contribution < -0.4 is 0 Å². The lowest BCUT2D eigenvalue weighted by atomic mass is 9.43. The van der Waals surface area contributed by atoms with E-state index in [9.17, 15) is 9.90 Å². The van der Waals surface area contributed by atoms with Gasteiger partial charge in [-0.15, -0.1) is 0 Å². The van der Waals surface area contributed by atoms with Crippen molar-refractivity contribution in [2.75, 3.05) is 6.61 Å². The number of fused-ring (bicyclic) bond motifs is 5. The quantitative estimate of drug-likeness (QED) is 0.500. The minimum Gasteiger partial charge on any atom is -0.460 e. The molecule has 0 amide bonds. The van der Waals surface area contributed by atoms with Gasteiger partial charge in [-0.3, -0.25) is 0 Å². The second-order valence-corrected chi connectivity index (χ2v) is 13.1. The van der Waals surface area contributed by atoms with Crippen molar-refractivity contribution in [2.24, 2.45) is 46.3 Å². The molecule has 1 aromatic rings. The molecular formula is C29H45NO4. The summed E-state index contributed by atoms with van der Waals surface area (Å²) in [5.74, 6) is 4.80. The first-order valence-electron chi connectivity index (χ1n) is 13.9. The lowest BCUT2D eigenvalue weighted by Crippen LogP contribution is -2.55. The fraction of sp³-hybridized carbons (Fsp3) is 0.862. The van der Waals surface area contributed by atoms with E-state index in [0.717, 1.165) is 37.0 Å². The number of carbonyl (C=O) groups is 1. The van der Waals surface area contributed by atoms with Crippen molar-refractivity contribution in [3.63, 3.8) is 0 Å². The maximum atomic E-state index is 12.0. The van der Waals surface area contributed by atoms with Gasteiger partial charge in [-0.2, -0.15) is 0 Å². The van der Waals surface area contributed by atoms with Gasteiger partial charge in [-0.1, -0.05) is 20.8 Å². The van der Waals surface area contributed by atoms with E-state index in [2.05, 4.69) is 32.7 Å². The van der Waals surface area contributed by atoms with E-state index in [1.807, 2.05) is 0 Å². The van der Waals surface area contributed by atoms with Gasteiger partial charge in [0.2, 0.25) is 5.76 Å². The topological polar surface area (TPSA) is 72.6 Å². The molecule has 0 spiro atoms. The van der Waals surface area contributed by atoms with Gasteiger partial charge in [0.1, 0.15) is 0 Å². The zero-order valence-electron chi connectivity index (χ0n) is 21.9. The molecule has 0 unspecified atom stereocenters. The molecule has 5 rings (SSSR count). The Morgan fingerprint density at radius 1 is 1.12 bits per heavy atom. The van der Waals surface area contributed by atoms with Crippen molar-refractivity contribution in [1.29, 1.82) is 0 Å². The second kappa shape index (κ2) is 8.64. The molecule has 1 N–H and O–H groups in total. The van der Waals surface area contributed by atoms with Crippen LogP contribution in [0.15, 0.2) is 10.6 Å². The highest BCUT2D eigenvalue weighted by Crippen LogP contribution is 2.68. The zero-order valence-corrected chi connectivity index (χ0v) is 21.9. The molecule has 1 aromatic heterocycles. The number of oxazole rings is 1. The standard InChI is InChI=1S/C29H45NO4/c1-6-33-26(31)24-17-30-25(34-24)15-18(2)21-9-10-22-20-8-7-19-16-27(3,32)13-14-28(19,4)23(20)11-12-29(21,22)5/h17-23,32H,6-16H2,1-5H3/t18-,19+,20-,21+,22-,23-,27+,28-,29+/m0/s1. The van der Waals surface area contributed by atoms with Crippen LogP contribution in [0.5, 0.6) is 0 Å². The van der Waals surface area contributed by atoms with E-state index in [1.54, 1.807) is 6.92 Å². The molecule has 0 saturated heterocycles. The summed E-state index contributed by atoms with van der Waals surface area (Å²) >= 11 is 0. The van der Waals surface area contributed by atoms with Crippen LogP contribution in [-0.4, -0.2) is 28.3 Å². The molecule has 0 radical (unpaired) electrons. The predicted octanol–water partition coefficient (Wildman–Crippen LogP) is 6.44. The minimum atomic E-state index is -0.457. The van der Waals surface area contributed by atoms with Crippen LogP contribution >= 0.6 is 0 Å². The molecular weight excluding hydrogens is 426 g/mol. The Kier molecular flexibility index (Phi) is 6.18. The van der Waals surface area contributed by atoms with E-state index >= 15 is 0 Å². The molecule has 5 nitrogen and oxygen atoms in total. The first-order chi connectivity index (χ1) is 16.1. The van der Waals surface area contributed by atoms with Gasteiger partial charge < -0.3 is 14.3 Å². The number of hydrogen-bond donors (Lipinski definition) is 1. The number of ether oxygens (including phenoxy) is 1. The Morgan fingerprint density at radius 2 is 1.88 bits per heavy atom. The molecule has 0 aromatic carbocycles. The molecule has 1 heterocycles. The molecule has 4 saturated carbocycles. The van der Waals surface area contributed by atoms with Crippen molar-refractivity contribution in [2.45, 2.75) is 104 Å². The molecule has 4 aliphatic rings.